The van der Waals surface area contributed by atoms with Gasteiger partial charge in [0, 0.05) is 29.9 Å². The Balaban J connectivity index is 2.10. The lowest BCUT2D eigenvalue weighted by atomic mass is 10.1. The van der Waals surface area contributed by atoms with Crippen molar-refractivity contribution < 1.29 is 26.3 Å². The van der Waals surface area contributed by atoms with E-state index in [2.05, 4.69) is 15.0 Å². The average molecular weight is 344 g/mol. The van der Waals surface area contributed by atoms with Gasteiger partial charge in [0.2, 0.25) is 0 Å². The van der Waals surface area contributed by atoms with Crippen LogP contribution in [-0.4, -0.2) is 32.3 Å². The van der Waals surface area contributed by atoms with Crippen LogP contribution in [0.15, 0.2) is 35.5 Å². The minimum Gasteiger partial charge on any atom is -0.434 e. The third-order valence-corrected chi connectivity index (χ3v) is 4.96. The molecule has 1 aromatic heterocycles. The predicted octanol–water partition coefficient (Wildman–Crippen LogP) is 2.69. The molecule has 5 nitrogen and oxygen atoms in total. The third-order valence-electron chi connectivity index (χ3n) is 3.30. The molecule has 1 aliphatic heterocycles. The minimum absolute atomic E-state index is 0.0668. The van der Waals surface area contributed by atoms with Crippen molar-refractivity contribution >= 4 is 15.5 Å². The Labute approximate surface area is 130 Å². The van der Waals surface area contributed by atoms with Gasteiger partial charge in [-0.3, -0.25) is 0 Å². The van der Waals surface area contributed by atoms with Crippen LogP contribution >= 0.6 is 0 Å². The second kappa shape index (κ2) is 5.73. The van der Waals surface area contributed by atoms with Crippen LogP contribution in [0, 0.1) is 5.82 Å². The first-order valence-electron chi connectivity index (χ1n) is 6.58. The summed E-state index contributed by atoms with van der Waals surface area (Å²) >= 11 is 0. The van der Waals surface area contributed by atoms with E-state index in [9.17, 15) is 21.6 Å². The maximum Gasteiger partial charge on any atom is 0.387 e. The summed E-state index contributed by atoms with van der Waals surface area (Å²) in [5.74, 6) is -1.14. The first-order chi connectivity index (χ1) is 10.9. The van der Waals surface area contributed by atoms with E-state index in [0.717, 1.165) is 12.1 Å². The largest absolute Gasteiger partial charge is 0.434 e. The number of pyridine rings is 1. The number of sulfone groups is 1. The van der Waals surface area contributed by atoms with Gasteiger partial charge in [0.1, 0.15) is 11.6 Å². The number of alkyl halides is 2. The zero-order chi connectivity index (χ0) is 16.6. The molecule has 0 atom stereocenters. The fraction of sp³-hybridized carbons (Fsp3) is 0.214. The van der Waals surface area contributed by atoms with E-state index >= 15 is 0 Å². The molecule has 0 amide bonds. The van der Waals surface area contributed by atoms with Gasteiger partial charge in [-0.15, -0.1) is 0 Å². The van der Waals surface area contributed by atoms with E-state index in [1.165, 1.54) is 18.3 Å². The van der Waals surface area contributed by atoms with Gasteiger partial charge in [0.05, 0.1) is 11.4 Å². The van der Waals surface area contributed by atoms with E-state index < -0.39 is 22.3 Å². The Bertz CT molecular complexity index is 856. The highest BCUT2D eigenvalue weighted by molar-refractivity contribution is 7.91. The standard InChI is InChI=1S/C14H11F3N2O3S/c15-9-1-2-10(12(6-9)22-14(16)17)8-5-11-13(19-7-8)23(20,21)4-3-18-11/h1-2,5-7,14,18H,3-4H2. The molecule has 2 aromatic rings. The summed E-state index contributed by atoms with van der Waals surface area (Å²) in [6.45, 7) is -2.88. The van der Waals surface area contributed by atoms with Crippen LogP contribution in [0.5, 0.6) is 5.75 Å². The first-order valence-corrected chi connectivity index (χ1v) is 8.23. The van der Waals surface area contributed by atoms with Gasteiger partial charge in [-0.05, 0) is 18.2 Å². The molecule has 122 valence electrons. The van der Waals surface area contributed by atoms with Crippen molar-refractivity contribution in [2.24, 2.45) is 0 Å². The number of ether oxygens (including phenoxy) is 1. The molecule has 0 radical (unpaired) electrons. The van der Waals surface area contributed by atoms with Crippen molar-refractivity contribution in [2.45, 2.75) is 11.6 Å². The summed E-state index contributed by atoms with van der Waals surface area (Å²) in [6, 6.07) is 4.67. The smallest absolute Gasteiger partial charge is 0.387 e. The fourth-order valence-electron chi connectivity index (χ4n) is 2.32. The lowest BCUT2D eigenvalue weighted by molar-refractivity contribution is -0.0496. The molecule has 23 heavy (non-hydrogen) atoms. The SMILES string of the molecule is O=S1(=O)CCNc2cc(-c3ccc(F)cc3OC(F)F)cnc21. The summed E-state index contributed by atoms with van der Waals surface area (Å²) in [5.41, 5.74) is 0.803. The van der Waals surface area contributed by atoms with E-state index in [4.69, 9.17) is 0 Å². The maximum absolute atomic E-state index is 13.3. The number of benzene rings is 1. The highest BCUT2D eigenvalue weighted by atomic mass is 32.2. The van der Waals surface area contributed by atoms with Crippen molar-refractivity contribution in [3.8, 4) is 16.9 Å². The molecular formula is C14H11F3N2O3S. The van der Waals surface area contributed by atoms with Crippen LogP contribution in [0.1, 0.15) is 0 Å². The number of nitrogens with zero attached hydrogens (tertiary/aromatic N) is 1. The van der Waals surface area contributed by atoms with Crippen LogP contribution in [-0.2, 0) is 9.84 Å². The van der Waals surface area contributed by atoms with Crippen LogP contribution in [0.2, 0.25) is 0 Å². The molecule has 0 unspecified atom stereocenters. The molecule has 0 saturated carbocycles. The van der Waals surface area contributed by atoms with Crippen LogP contribution in [0.3, 0.4) is 0 Å². The second-order valence-corrected chi connectivity index (χ2v) is 6.87. The number of fused-ring (bicyclic) bond motifs is 1. The monoisotopic (exact) mass is 344 g/mol. The lowest BCUT2D eigenvalue weighted by Gasteiger charge is -2.18. The quantitative estimate of drug-likeness (QED) is 0.927. The van der Waals surface area contributed by atoms with E-state index in [1.807, 2.05) is 0 Å². The van der Waals surface area contributed by atoms with Crippen LogP contribution < -0.4 is 10.1 Å². The van der Waals surface area contributed by atoms with Crippen molar-refractivity contribution in [2.75, 3.05) is 17.6 Å². The summed E-state index contributed by atoms with van der Waals surface area (Å²) in [6.07, 6.45) is 1.23. The minimum atomic E-state index is -3.46. The molecular weight excluding hydrogens is 333 g/mol. The van der Waals surface area contributed by atoms with Crippen molar-refractivity contribution in [1.82, 2.24) is 4.98 Å². The van der Waals surface area contributed by atoms with Gasteiger partial charge in [-0.1, -0.05) is 0 Å². The van der Waals surface area contributed by atoms with Gasteiger partial charge in [0.25, 0.3) is 0 Å². The number of nitrogens with one attached hydrogen (secondary N) is 1. The van der Waals surface area contributed by atoms with Crippen molar-refractivity contribution in [3.63, 3.8) is 0 Å². The Morgan fingerprint density at radius 1 is 1.26 bits per heavy atom. The second-order valence-electron chi connectivity index (χ2n) is 4.84. The van der Waals surface area contributed by atoms with Crippen molar-refractivity contribution in [1.29, 1.82) is 0 Å². The molecule has 3 rings (SSSR count). The number of hydrogen-bond acceptors (Lipinski definition) is 5. The molecule has 0 spiro atoms. The Morgan fingerprint density at radius 2 is 2.04 bits per heavy atom. The van der Waals surface area contributed by atoms with Crippen molar-refractivity contribution in [3.05, 3.63) is 36.3 Å². The molecule has 0 bridgehead atoms. The third kappa shape index (κ3) is 3.09. The molecule has 1 aliphatic rings. The average Bonchev–Trinajstić information content (AvgIpc) is 2.46. The molecule has 0 saturated heterocycles. The van der Waals surface area contributed by atoms with Crippen LogP contribution in [0.4, 0.5) is 18.9 Å². The van der Waals surface area contributed by atoms with Gasteiger partial charge in [-0.2, -0.15) is 8.78 Å². The Morgan fingerprint density at radius 3 is 2.78 bits per heavy atom. The number of hydrogen-bond donors (Lipinski definition) is 1. The van der Waals surface area contributed by atoms with Gasteiger partial charge in [0.15, 0.2) is 14.9 Å². The zero-order valence-corrected chi connectivity index (χ0v) is 12.4. The molecule has 1 aromatic carbocycles. The Hall–Kier alpha value is -2.29. The normalized spacial score (nSPS) is 15.8. The molecule has 9 heteroatoms. The summed E-state index contributed by atoms with van der Waals surface area (Å²) in [7, 11) is -3.46. The number of anilines is 1. The number of aromatic nitrogens is 1. The van der Waals surface area contributed by atoms with E-state index in [1.54, 1.807) is 0 Å². The lowest BCUT2D eigenvalue weighted by Crippen LogP contribution is -2.24. The van der Waals surface area contributed by atoms with E-state index in [-0.39, 0.29) is 34.3 Å². The fourth-order valence-corrected chi connectivity index (χ4v) is 3.56. The van der Waals surface area contributed by atoms with Gasteiger partial charge >= 0.3 is 6.61 Å². The zero-order valence-electron chi connectivity index (χ0n) is 11.6. The molecule has 0 aliphatic carbocycles. The molecule has 2 heterocycles. The molecule has 1 N–H and O–H groups in total. The first kappa shape index (κ1) is 15.6. The Kier molecular flexibility index (Phi) is 3.88. The van der Waals surface area contributed by atoms with Gasteiger partial charge < -0.3 is 10.1 Å². The summed E-state index contributed by atoms with van der Waals surface area (Å²) in [4.78, 5) is 3.90. The predicted molar refractivity (Wildman–Crippen MR) is 76.8 cm³/mol. The summed E-state index contributed by atoms with van der Waals surface area (Å²) < 4.78 is 66.3. The van der Waals surface area contributed by atoms with Crippen LogP contribution in [0.25, 0.3) is 11.1 Å². The molecule has 0 fully saturated rings. The summed E-state index contributed by atoms with van der Waals surface area (Å²) in [5, 5.41) is 2.80. The van der Waals surface area contributed by atoms with Gasteiger partial charge in [-0.25, -0.2) is 17.8 Å². The van der Waals surface area contributed by atoms with E-state index in [0.29, 0.717) is 5.56 Å². The maximum atomic E-state index is 13.3. The highest BCUT2D eigenvalue weighted by Crippen LogP contribution is 2.35. The number of rotatable bonds is 3. The topological polar surface area (TPSA) is 68.3 Å². The number of halogens is 3. The highest BCUT2D eigenvalue weighted by Gasteiger charge is 2.25.